The zero-order valence-corrected chi connectivity index (χ0v) is 15.3. The van der Waals surface area contributed by atoms with Crippen LogP contribution >= 0.6 is 11.3 Å². The molecule has 7 nitrogen and oxygen atoms in total. The van der Waals surface area contributed by atoms with E-state index in [-0.39, 0.29) is 6.04 Å². The first-order valence-electron chi connectivity index (χ1n) is 8.54. The van der Waals surface area contributed by atoms with E-state index in [2.05, 4.69) is 37.5 Å². The number of nitrogens with one attached hydrogen (secondary N) is 1. The number of benzene rings is 1. The monoisotopic (exact) mass is 368 g/mol. The molecule has 0 saturated carbocycles. The van der Waals surface area contributed by atoms with E-state index >= 15 is 0 Å². The molecule has 1 fully saturated rings. The standard InChI is InChI=1S/C18H20N6OS/c1-25-14-5-2-4-13(8-14)11-24-7-3-6-16(24)15-9-19-10-17(21-15)22-18-23-20-12-26-18/h2,4-5,8-10,12,16H,3,6-7,11H2,1H3,(H,21,22,23)/t16-/m1/s1. The second-order valence-electron chi connectivity index (χ2n) is 6.18. The van der Waals surface area contributed by atoms with Crippen LogP contribution in [0.25, 0.3) is 0 Å². The number of hydrogen-bond donors (Lipinski definition) is 1. The number of likely N-dealkylation sites (tertiary alicyclic amines) is 1. The van der Waals surface area contributed by atoms with Crippen molar-refractivity contribution in [3.8, 4) is 5.75 Å². The fraction of sp³-hybridized carbons (Fsp3) is 0.333. The second kappa shape index (κ2) is 7.76. The molecule has 0 radical (unpaired) electrons. The molecule has 0 aliphatic carbocycles. The predicted octanol–water partition coefficient (Wildman–Crippen LogP) is 3.42. The van der Waals surface area contributed by atoms with Crippen molar-refractivity contribution in [3.63, 3.8) is 0 Å². The molecule has 1 N–H and O–H groups in total. The van der Waals surface area contributed by atoms with Crippen LogP contribution < -0.4 is 10.1 Å². The van der Waals surface area contributed by atoms with Crippen LogP contribution in [0.1, 0.15) is 30.1 Å². The molecular formula is C18H20N6OS. The minimum atomic E-state index is 0.268. The highest BCUT2D eigenvalue weighted by atomic mass is 32.1. The molecule has 1 saturated heterocycles. The number of anilines is 2. The molecule has 0 amide bonds. The third-order valence-electron chi connectivity index (χ3n) is 4.47. The van der Waals surface area contributed by atoms with Crippen LogP contribution in [-0.4, -0.2) is 38.7 Å². The number of methoxy groups -OCH3 is 1. The zero-order chi connectivity index (χ0) is 17.8. The maximum atomic E-state index is 5.34. The van der Waals surface area contributed by atoms with Crippen molar-refractivity contribution in [2.75, 3.05) is 19.0 Å². The molecule has 2 aromatic heterocycles. The maximum Gasteiger partial charge on any atom is 0.211 e. The molecule has 3 heterocycles. The summed E-state index contributed by atoms with van der Waals surface area (Å²) in [5, 5.41) is 11.7. The van der Waals surface area contributed by atoms with Gasteiger partial charge in [0.1, 0.15) is 11.3 Å². The molecular weight excluding hydrogens is 348 g/mol. The predicted molar refractivity (Wildman–Crippen MR) is 101 cm³/mol. The lowest BCUT2D eigenvalue weighted by Gasteiger charge is -2.24. The average Bonchev–Trinajstić information content (AvgIpc) is 3.34. The highest BCUT2D eigenvalue weighted by Gasteiger charge is 2.27. The Kier molecular flexibility index (Phi) is 5.03. The lowest BCUT2D eigenvalue weighted by atomic mass is 10.1. The van der Waals surface area contributed by atoms with Crippen LogP contribution in [0.2, 0.25) is 0 Å². The van der Waals surface area contributed by atoms with Crippen molar-refractivity contribution in [2.24, 2.45) is 0 Å². The van der Waals surface area contributed by atoms with Crippen molar-refractivity contribution < 1.29 is 4.74 Å². The molecule has 0 bridgehead atoms. The van der Waals surface area contributed by atoms with Crippen LogP contribution in [-0.2, 0) is 6.54 Å². The lowest BCUT2D eigenvalue weighted by Crippen LogP contribution is -2.23. The first-order valence-corrected chi connectivity index (χ1v) is 9.42. The van der Waals surface area contributed by atoms with Crippen LogP contribution in [0.3, 0.4) is 0 Å². The molecule has 1 aromatic carbocycles. The van der Waals surface area contributed by atoms with Crippen LogP contribution in [0.15, 0.2) is 42.2 Å². The van der Waals surface area contributed by atoms with E-state index in [1.54, 1.807) is 18.8 Å². The molecule has 1 atom stereocenters. The first-order chi connectivity index (χ1) is 12.8. The second-order valence-corrected chi connectivity index (χ2v) is 7.01. The van der Waals surface area contributed by atoms with Crippen LogP contribution in [0.4, 0.5) is 10.9 Å². The van der Waals surface area contributed by atoms with Crippen molar-refractivity contribution in [1.29, 1.82) is 0 Å². The van der Waals surface area contributed by atoms with Gasteiger partial charge in [-0.2, -0.15) is 0 Å². The Hall–Kier alpha value is -2.58. The third-order valence-corrected chi connectivity index (χ3v) is 5.08. The molecule has 1 aliphatic heterocycles. The highest BCUT2D eigenvalue weighted by Crippen LogP contribution is 2.33. The summed E-state index contributed by atoms with van der Waals surface area (Å²) in [6.45, 7) is 1.93. The van der Waals surface area contributed by atoms with E-state index in [4.69, 9.17) is 9.72 Å². The summed E-state index contributed by atoms with van der Waals surface area (Å²) in [4.78, 5) is 11.6. The van der Waals surface area contributed by atoms with Gasteiger partial charge in [-0.1, -0.05) is 23.5 Å². The minimum absolute atomic E-state index is 0.268. The summed E-state index contributed by atoms with van der Waals surface area (Å²) in [5.74, 6) is 1.59. The molecule has 26 heavy (non-hydrogen) atoms. The maximum absolute atomic E-state index is 5.34. The number of hydrogen-bond acceptors (Lipinski definition) is 8. The minimum Gasteiger partial charge on any atom is -0.497 e. The Balaban J connectivity index is 1.50. The van der Waals surface area contributed by atoms with Gasteiger partial charge in [-0.15, -0.1) is 10.2 Å². The molecule has 8 heteroatoms. The van der Waals surface area contributed by atoms with Gasteiger partial charge in [0.2, 0.25) is 5.13 Å². The van der Waals surface area contributed by atoms with Crippen molar-refractivity contribution >= 4 is 22.3 Å². The molecule has 4 rings (SSSR count). The Morgan fingerprint density at radius 2 is 2.31 bits per heavy atom. The molecule has 0 unspecified atom stereocenters. The van der Waals surface area contributed by atoms with E-state index < -0.39 is 0 Å². The number of rotatable bonds is 6. The fourth-order valence-corrected chi connectivity index (χ4v) is 3.75. The Labute approximate surface area is 156 Å². The first kappa shape index (κ1) is 16.9. The third kappa shape index (κ3) is 3.81. The number of aromatic nitrogens is 4. The van der Waals surface area contributed by atoms with E-state index in [0.29, 0.717) is 5.82 Å². The van der Waals surface area contributed by atoms with Crippen LogP contribution in [0.5, 0.6) is 5.75 Å². The molecule has 0 spiro atoms. The van der Waals surface area contributed by atoms with Crippen molar-refractivity contribution in [3.05, 3.63) is 53.4 Å². The van der Waals surface area contributed by atoms with Gasteiger partial charge in [0.25, 0.3) is 0 Å². The molecule has 3 aromatic rings. The number of ether oxygens (including phenoxy) is 1. The van der Waals surface area contributed by atoms with E-state index in [9.17, 15) is 0 Å². The van der Waals surface area contributed by atoms with Crippen LogP contribution in [0, 0.1) is 0 Å². The zero-order valence-electron chi connectivity index (χ0n) is 14.5. The van der Waals surface area contributed by atoms with Crippen molar-refractivity contribution in [2.45, 2.75) is 25.4 Å². The van der Waals surface area contributed by atoms with Gasteiger partial charge in [-0.05, 0) is 37.1 Å². The van der Waals surface area contributed by atoms with E-state index in [1.807, 2.05) is 18.3 Å². The summed E-state index contributed by atoms with van der Waals surface area (Å²) in [7, 11) is 1.70. The summed E-state index contributed by atoms with van der Waals surface area (Å²) in [6, 6.07) is 8.50. The number of nitrogens with zero attached hydrogens (tertiary/aromatic N) is 5. The SMILES string of the molecule is COc1cccc(CN2CCC[C@@H]2c2cncc(Nc3nncs3)n2)c1. The highest BCUT2D eigenvalue weighted by molar-refractivity contribution is 7.13. The van der Waals surface area contributed by atoms with Gasteiger partial charge in [-0.3, -0.25) is 9.88 Å². The smallest absolute Gasteiger partial charge is 0.211 e. The summed E-state index contributed by atoms with van der Waals surface area (Å²) in [6.07, 6.45) is 5.82. The Bertz CT molecular complexity index is 856. The Morgan fingerprint density at radius 3 is 3.15 bits per heavy atom. The Morgan fingerprint density at radius 1 is 1.35 bits per heavy atom. The van der Waals surface area contributed by atoms with Gasteiger partial charge in [0.15, 0.2) is 5.82 Å². The summed E-state index contributed by atoms with van der Waals surface area (Å²) >= 11 is 1.44. The van der Waals surface area contributed by atoms with Gasteiger partial charge in [0.05, 0.1) is 31.2 Å². The van der Waals surface area contributed by atoms with E-state index in [1.165, 1.54) is 16.9 Å². The van der Waals surface area contributed by atoms with E-state index in [0.717, 1.165) is 42.5 Å². The average molecular weight is 368 g/mol. The van der Waals surface area contributed by atoms with Gasteiger partial charge in [0, 0.05) is 6.54 Å². The van der Waals surface area contributed by atoms with Gasteiger partial charge < -0.3 is 10.1 Å². The van der Waals surface area contributed by atoms with Gasteiger partial charge in [-0.25, -0.2) is 4.98 Å². The molecule has 1 aliphatic rings. The largest absolute Gasteiger partial charge is 0.497 e. The molecule has 134 valence electrons. The van der Waals surface area contributed by atoms with Gasteiger partial charge >= 0.3 is 0 Å². The normalized spacial score (nSPS) is 17.3. The summed E-state index contributed by atoms with van der Waals surface area (Å²) in [5.41, 5.74) is 3.92. The van der Waals surface area contributed by atoms with Crippen molar-refractivity contribution in [1.82, 2.24) is 25.1 Å². The quantitative estimate of drug-likeness (QED) is 0.714. The lowest BCUT2D eigenvalue weighted by molar-refractivity contribution is 0.244. The topological polar surface area (TPSA) is 76.1 Å². The fourth-order valence-electron chi connectivity index (χ4n) is 3.29. The summed E-state index contributed by atoms with van der Waals surface area (Å²) < 4.78 is 5.34.